The van der Waals surface area contributed by atoms with E-state index in [-0.39, 0.29) is 18.0 Å². The third-order valence-electron chi connectivity index (χ3n) is 3.58. The van der Waals surface area contributed by atoms with Gasteiger partial charge in [0.05, 0.1) is 24.7 Å². The van der Waals surface area contributed by atoms with Crippen LogP contribution in [0, 0.1) is 0 Å². The van der Waals surface area contributed by atoms with E-state index in [1.807, 2.05) is 18.2 Å². The van der Waals surface area contributed by atoms with Crippen LogP contribution in [0.15, 0.2) is 59.3 Å². The summed E-state index contributed by atoms with van der Waals surface area (Å²) in [6.45, 7) is 1.44. The number of aromatic hydroxyl groups is 1. The molecule has 24 heavy (non-hydrogen) atoms. The second kappa shape index (κ2) is 6.21. The molecule has 1 unspecified atom stereocenters. The first-order valence-corrected chi connectivity index (χ1v) is 7.36. The van der Waals surface area contributed by atoms with Crippen LogP contribution in [0.1, 0.15) is 23.2 Å². The van der Waals surface area contributed by atoms with E-state index in [1.165, 1.54) is 24.1 Å². The Kier molecular flexibility index (Phi) is 4.09. The number of amides is 1. The third kappa shape index (κ3) is 3.16. The summed E-state index contributed by atoms with van der Waals surface area (Å²) >= 11 is 0. The minimum absolute atomic E-state index is 0.0863. The number of hydrogen-bond acceptors (Lipinski definition) is 5. The average molecular weight is 327 g/mol. The molecule has 1 atom stereocenters. The summed E-state index contributed by atoms with van der Waals surface area (Å²) in [7, 11) is 0. The van der Waals surface area contributed by atoms with Gasteiger partial charge >= 0.3 is 0 Å². The van der Waals surface area contributed by atoms with Gasteiger partial charge in [0, 0.05) is 0 Å². The van der Waals surface area contributed by atoms with Crippen molar-refractivity contribution in [2.45, 2.75) is 12.5 Å². The summed E-state index contributed by atoms with van der Waals surface area (Å²) in [5.74, 6) is -0.496. The number of carbonyl (C=O) groups excluding carboxylic acids is 1. The van der Waals surface area contributed by atoms with Crippen molar-refractivity contribution < 1.29 is 19.4 Å². The summed E-state index contributed by atoms with van der Waals surface area (Å²) in [6.07, 6.45) is 2.80. The van der Waals surface area contributed by atoms with Gasteiger partial charge in [-0.05, 0) is 31.2 Å². The molecule has 0 saturated carbocycles. The molecule has 3 aromatic rings. The van der Waals surface area contributed by atoms with Crippen LogP contribution in [-0.2, 0) is 5.60 Å². The van der Waals surface area contributed by atoms with Gasteiger partial charge in [-0.25, -0.2) is 4.68 Å². The van der Waals surface area contributed by atoms with E-state index in [4.69, 9.17) is 4.42 Å². The van der Waals surface area contributed by atoms with Crippen LogP contribution in [0.5, 0.6) is 5.75 Å². The van der Waals surface area contributed by atoms with Gasteiger partial charge in [0.15, 0.2) is 11.4 Å². The molecule has 0 aliphatic heterocycles. The van der Waals surface area contributed by atoms with E-state index in [2.05, 4.69) is 10.4 Å². The van der Waals surface area contributed by atoms with Gasteiger partial charge in [-0.2, -0.15) is 5.10 Å². The first-order valence-electron chi connectivity index (χ1n) is 7.36. The Morgan fingerprint density at radius 3 is 2.71 bits per heavy atom. The smallest absolute Gasteiger partial charge is 0.275 e. The Balaban J connectivity index is 1.73. The molecule has 1 amide bonds. The Bertz CT molecular complexity index is 823. The lowest BCUT2D eigenvalue weighted by molar-refractivity contribution is 0.0329. The van der Waals surface area contributed by atoms with Crippen LogP contribution in [0.2, 0.25) is 0 Å². The quantitative estimate of drug-likeness (QED) is 0.663. The molecule has 0 aliphatic carbocycles. The minimum Gasteiger partial charge on any atom is -0.504 e. The molecule has 124 valence electrons. The predicted octanol–water partition coefficient (Wildman–Crippen LogP) is 1.81. The lowest BCUT2D eigenvalue weighted by Crippen LogP contribution is -2.38. The van der Waals surface area contributed by atoms with Crippen molar-refractivity contribution in [2.75, 3.05) is 6.54 Å². The average Bonchev–Trinajstić information content (AvgIpc) is 3.24. The van der Waals surface area contributed by atoms with Crippen LogP contribution in [0.25, 0.3) is 5.69 Å². The molecule has 1 aromatic carbocycles. The number of para-hydroxylation sites is 1. The molecule has 0 bridgehead atoms. The maximum Gasteiger partial charge on any atom is 0.275 e. The van der Waals surface area contributed by atoms with Gasteiger partial charge in [-0.1, -0.05) is 18.2 Å². The second-order valence-electron chi connectivity index (χ2n) is 5.58. The summed E-state index contributed by atoms with van der Waals surface area (Å²) < 4.78 is 6.56. The number of aliphatic hydroxyl groups is 1. The van der Waals surface area contributed by atoms with Gasteiger partial charge in [0.25, 0.3) is 5.91 Å². The zero-order chi connectivity index (χ0) is 17.2. The molecule has 3 rings (SSSR count). The Morgan fingerprint density at radius 1 is 1.29 bits per heavy atom. The highest BCUT2D eigenvalue weighted by molar-refractivity contribution is 5.94. The number of hydrogen-bond donors (Lipinski definition) is 3. The van der Waals surface area contributed by atoms with Crippen LogP contribution >= 0.6 is 0 Å². The van der Waals surface area contributed by atoms with Crippen LogP contribution in [0.3, 0.4) is 0 Å². The summed E-state index contributed by atoms with van der Waals surface area (Å²) in [4.78, 5) is 12.2. The minimum atomic E-state index is -1.36. The van der Waals surface area contributed by atoms with Crippen molar-refractivity contribution in [2.24, 2.45) is 0 Å². The molecule has 2 heterocycles. The van der Waals surface area contributed by atoms with E-state index < -0.39 is 11.5 Å². The van der Waals surface area contributed by atoms with Gasteiger partial charge < -0.3 is 19.9 Å². The highest BCUT2D eigenvalue weighted by Gasteiger charge is 2.28. The zero-order valence-corrected chi connectivity index (χ0v) is 13.0. The zero-order valence-electron chi connectivity index (χ0n) is 13.0. The van der Waals surface area contributed by atoms with E-state index >= 15 is 0 Å². The molecular formula is C17H17N3O4. The second-order valence-corrected chi connectivity index (χ2v) is 5.58. The number of aromatic nitrogens is 2. The fraction of sp³-hybridized carbons (Fsp3) is 0.176. The number of nitrogens with zero attached hydrogens (tertiary/aromatic N) is 2. The van der Waals surface area contributed by atoms with Crippen molar-refractivity contribution in [3.8, 4) is 11.4 Å². The standard InChI is InChI=1S/C17H17N3O4/c1-17(23,14-8-5-9-24-14)11-18-16(22)15-13(21)10-20(19-15)12-6-3-2-4-7-12/h2-10,21,23H,11H2,1H3,(H,18,22). The number of benzene rings is 1. The SMILES string of the molecule is CC(O)(CNC(=O)c1nn(-c2ccccc2)cc1O)c1ccco1. The summed E-state index contributed by atoms with van der Waals surface area (Å²) in [5, 5.41) is 26.9. The van der Waals surface area contributed by atoms with Gasteiger partial charge in [0.1, 0.15) is 11.4 Å². The molecule has 2 aromatic heterocycles. The van der Waals surface area contributed by atoms with Crippen LogP contribution < -0.4 is 5.32 Å². The molecule has 7 nitrogen and oxygen atoms in total. The van der Waals surface area contributed by atoms with Gasteiger partial charge in [-0.15, -0.1) is 0 Å². The maximum atomic E-state index is 12.2. The third-order valence-corrected chi connectivity index (χ3v) is 3.58. The van der Waals surface area contributed by atoms with E-state index in [9.17, 15) is 15.0 Å². The molecule has 0 saturated heterocycles. The van der Waals surface area contributed by atoms with Crippen molar-refractivity contribution >= 4 is 5.91 Å². The van der Waals surface area contributed by atoms with Crippen LogP contribution in [0.4, 0.5) is 0 Å². The lowest BCUT2D eigenvalue weighted by Gasteiger charge is -2.20. The van der Waals surface area contributed by atoms with Crippen molar-refractivity contribution in [3.05, 3.63) is 66.4 Å². The van der Waals surface area contributed by atoms with Gasteiger partial charge in [0.2, 0.25) is 0 Å². The summed E-state index contributed by atoms with van der Waals surface area (Å²) in [6, 6.07) is 12.4. The monoisotopic (exact) mass is 327 g/mol. The van der Waals surface area contributed by atoms with Crippen molar-refractivity contribution in [3.63, 3.8) is 0 Å². The predicted molar refractivity (Wildman–Crippen MR) is 85.8 cm³/mol. The molecule has 7 heteroatoms. The highest BCUT2D eigenvalue weighted by atomic mass is 16.4. The Labute approximate surface area is 138 Å². The highest BCUT2D eigenvalue weighted by Crippen LogP contribution is 2.21. The Hall–Kier alpha value is -3.06. The van der Waals surface area contributed by atoms with E-state index in [1.54, 1.807) is 24.3 Å². The summed E-state index contributed by atoms with van der Waals surface area (Å²) in [5.41, 5.74) is -0.764. The van der Waals surface area contributed by atoms with Crippen LogP contribution in [-0.4, -0.2) is 32.4 Å². The molecule has 0 aliphatic rings. The van der Waals surface area contributed by atoms with Crippen molar-refractivity contribution in [1.29, 1.82) is 0 Å². The molecule has 0 fully saturated rings. The number of rotatable bonds is 5. The molecular weight excluding hydrogens is 310 g/mol. The normalized spacial score (nSPS) is 13.4. The topological polar surface area (TPSA) is 101 Å². The first-order chi connectivity index (χ1) is 11.5. The number of carbonyl (C=O) groups is 1. The van der Waals surface area contributed by atoms with Crippen molar-refractivity contribution in [1.82, 2.24) is 15.1 Å². The van der Waals surface area contributed by atoms with E-state index in [0.717, 1.165) is 5.69 Å². The lowest BCUT2D eigenvalue weighted by atomic mass is 10.0. The Morgan fingerprint density at radius 2 is 2.04 bits per heavy atom. The largest absolute Gasteiger partial charge is 0.504 e. The fourth-order valence-corrected chi connectivity index (χ4v) is 2.25. The van der Waals surface area contributed by atoms with Gasteiger partial charge in [-0.3, -0.25) is 4.79 Å². The maximum absolute atomic E-state index is 12.2. The molecule has 0 spiro atoms. The number of furan rings is 1. The molecule has 0 radical (unpaired) electrons. The molecule has 3 N–H and O–H groups in total. The fourth-order valence-electron chi connectivity index (χ4n) is 2.25. The number of nitrogens with one attached hydrogen (secondary N) is 1. The first kappa shape index (κ1) is 15.8. The van der Waals surface area contributed by atoms with E-state index in [0.29, 0.717) is 5.76 Å².